The number of hydrogen-bond acceptors (Lipinski definition) is 0. The van der Waals surface area contributed by atoms with E-state index in [9.17, 15) is 0 Å². The van der Waals surface area contributed by atoms with Gasteiger partial charge in [-0.25, -0.2) is 0 Å². The molecule has 5 aromatic rings. The molecule has 0 atom stereocenters. The molecule has 148 valence electrons. The molecule has 0 aliphatic carbocycles. The van der Waals surface area contributed by atoms with Gasteiger partial charge in [-0.15, -0.1) is 0 Å². The molecular weight excluding hydrogens is 568 g/mol. The Bertz CT molecular complexity index is 1130. The third-order valence-corrected chi connectivity index (χ3v) is 24.7. The monoisotopic (exact) mass is 592 g/mol. The molecule has 0 aromatic heterocycles. The van der Waals surface area contributed by atoms with Crippen molar-refractivity contribution in [3.8, 4) is 11.1 Å². The van der Waals surface area contributed by atoms with E-state index in [1.165, 1.54) is 23.6 Å². The van der Waals surface area contributed by atoms with Gasteiger partial charge in [-0.05, 0) is 0 Å². The predicted molar refractivity (Wildman–Crippen MR) is 135 cm³/mol. The van der Waals surface area contributed by atoms with Gasteiger partial charge in [-0.2, -0.15) is 0 Å². The quantitative estimate of drug-likeness (QED) is 0.260. The molecule has 5 rings (SSSR count). The SMILES string of the molecule is c1ccc(-c2cc[c]([Pb]([c]3ccccc3)([c]3ccccc3)[c]3ccccc3)cc2)cc1. The van der Waals surface area contributed by atoms with Crippen LogP contribution in [-0.2, 0) is 0 Å². The van der Waals surface area contributed by atoms with Crippen LogP contribution in [0.3, 0.4) is 0 Å². The summed E-state index contributed by atoms with van der Waals surface area (Å²) in [6, 6.07) is 53.5. The first-order valence-electron chi connectivity index (χ1n) is 10.7. The maximum atomic E-state index is 2.39. The van der Waals surface area contributed by atoms with Crippen LogP contribution in [0.2, 0.25) is 0 Å². The minimum absolute atomic E-state index is 1.26. The van der Waals surface area contributed by atoms with Crippen LogP contribution < -0.4 is 12.5 Å². The third-order valence-electron chi connectivity index (χ3n) is 6.05. The minimum atomic E-state index is -3.64. The Hall–Kier alpha value is -2.98. The maximum absolute atomic E-state index is 3.64. The molecule has 0 radical (unpaired) electrons. The fraction of sp³-hybridized carbons (Fsp3) is 0. The summed E-state index contributed by atoms with van der Waals surface area (Å²) >= 11 is -3.64. The van der Waals surface area contributed by atoms with Crippen LogP contribution in [0.15, 0.2) is 146 Å². The fourth-order valence-corrected chi connectivity index (χ4v) is 23.1. The Morgan fingerprint density at radius 1 is 0.258 bits per heavy atom. The van der Waals surface area contributed by atoms with Gasteiger partial charge in [0.15, 0.2) is 0 Å². The van der Waals surface area contributed by atoms with E-state index in [-0.39, 0.29) is 0 Å². The van der Waals surface area contributed by atoms with Crippen LogP contribution in [-0.4, -0.2) is 21.2 Å². The van der Waals surface area contributed by atoms with Gasteiger partial charge in [0.2, 0.25) is 0 Å². The molecule has 0 nitrogen and oxygen atoms in total. The van der Waals surface area contributed by atoms with E-state index in [2.05, 4.69) is 146 Å². The van der Waals surface area contributed by atoms with Gasteiger partial charge in [0.1, 0.15) is 0 Å². The number of hydrogen-bond donors (Lipinski definition) is 0. The topological polar surface area (TPSA) is 0 Å². The average molecular weight is 592 g/mol. The Balaban J connectivity index is 1.78. The van der Waals surface area contributed by atoms with Crippen molar-refractivity contribution in [1.82, 2.24) is 0 Å². The van der Waals surface area contributed by atoms with E-state index in [1.807, 2.05) is 0 Å². The van der Waals surface area contributed by atoms with Gasteiger partial charge >= 0.3 is 190 Å². The second-order valence-electron chi connectivity index (χ2n) is 7.79. The average Bonchev–Trinajstić information content (AvgIpc) is 2.88. The fourth-order valence-electron chi connectivity index (χ4n) is 4.61. The second kappa shape index (κ2) is 9.03. The van der Waals surface area contributed by atoms with Gasteiger partial charge < -0.3 is 0 Å². The van der Waals surface area contributed by atoms with Gasteiger partial charge in [0.05, 0.1) is 0 Å². The van der Waals surface area contributed by atoms with E-state index in [0.717, 1.165) is 0 Å². The Labute approximate surface area is 189 Å². The van der Waals surface area contributed by atoms with Gasteiger partial charge in [-0.1, -0.05) is 0 Å². The Kier molecular flexibility index (Phi) is 5.81. The molecule has 0 bridgehead atoms. The summed E-state index contributed by atoms with van der Waals surface area (Å²) in [5.41, 5.74) is 2.52. The van der Waals surface area contributed by atoms with Crippen molar-refractivity contribution in [2.45, 2.75) is 0 Å². The molecular formula is C30H24Pb. The summed E-state index contributed by atoms with van der Waals surface area (Å²) in [7, 11) is 0. The molecule has 0 N–H and O–H groups in total. The molecule has 0 unspecified atom stereocenters. The zero-order valence-electron chi connectivity index (χ0n) is 17.4. The molecule has 0 heterocycles. The molecule has 0 saturated carbocycles. The summed E-state index contributed by atoms with van der Waals surface area (Å²) in [6.45, 7) is 0. The van der Waals surface area contributed by atoms with Gasteiger partial charge in [-0.3, -0.25) is 0 Å². The molecule has 0 spiro atoms. The first-order valence-corrected chi connectivity index (χ1v) is 18.5. The molecule has 5 aromatic carbocycles. The molecule has 0 fully saturated rings. The summed E-state index contributed by atoms with van der Waals surface area (Å²) < 4.78 is 5.94. The van der Waals surface area contributed by atoms with Crippen molar-refractivity contribution in [3.05, 3.63) is 146 Å². The van der Waals surface area contributed by atoms with Gasteiger partial charge in [0.25, 0.3) is 0 Å². The molecule has 1 heteroatoms. The van der Waals surface area contributed by atoms with Crippen LogP contribution in [0.5, 0.6) is 0 Å². The van der Waals surface area contributed by atoms with Crippen LogP contribution >= 0.6 is 0 Å². The Morgan fingerprint density at radius 3 is 0.935 bits per heavy atom. The summed E-state index contributed by atoms with van der Waals surface area (Å²) in [5, 5.41) is 0. The van der Waals surface area contributed by atoms with E-state index in [4.69, 9.17) is 0 Å². The van der Waals surface area contributed by atoms with Crippen LogP contribution in [0.4, 0.5) is 0 Å². The first-order chi connectivity index (χ1) is 15.4. The van der Waals surface area contributed by atoms with Crippen LogP contribution in [0.25, 0.3) is 11.1 Å². The standard InChI is InChI=1S/C12H9.3C6H5.Pb/c1-3-7-11(8-4-1)12-9-5-2-6-10-12;3*1-2-4-6-5-3-1;/h1,3-10H;3*1-5H;. The molecule has 0 aliphatic heterocycles. The molecule has 0 saturated heterocycles. The molecule has 31 heavy (non-hydrogen) atoms. The summed E-state index contributed by atoms with van der Waals surface area (Å²) in [5.74, 6) is 0. The van der Waals surface area contributed by atoms with E-state index in [0.29, 0.717) is 0 Å². The van der Waals surface area contributed by atoms with Crippen molar-refractivity contribution in [3.63, 3.8) is 0 Å². The van der Waals surface area contributed by atoms with Crippen molar-refractivity contribution in [2.24, 2.45) is 0 Å². The summed E-state index contributed by atoms with van der Waals surface area (Å²) in [6.07, 6.45) is 0. The summed E-state index contributed by atoms with van der Waals surface area (Å²) in [4.78, 5) is 0. The van der Waals surface area contributed by atoms with Crippen molar-refractivity contribution >= 4 is 33.7 Å². The normalized spacial score (nSPS) is 11.2. The first kappa shape index (κ1) is 20.0. The molecule has 0 aliphatic rings. The van der Waals surface area contributed by atoms with Crippen molar-refractivity contribution in [1.29, 1.82) is 0 Å². The third kappa shape index (κ3) is 3.77. The van der Waals surface area contributed by atoms with E-state index >= 15 is 0 Å². The van der Waals surface area contributed by atoms with Crippen molar-refractivity contribution in [2.75, 3.05) is 0 Å². The zero-order valence-corrected chi connectivity index (χ0v) is 21.2. The Morgan fingerprint density at radius 2 is 0.548 bits per heavy atom. The van der Waals surface area contributed by atoms with Gasteiger partial charge in [0, 0.05) is 0 Å². The van der Waals surface area contributed by atoms with E-state index in [1.54, 1.807) is 0 Å². The van der Waals surface area contributed by atoms with Crippen molar-refractivity contribution < 1.29 is 0 Å². The second-order valence-corrected chi connectivity index (χ2v) is 22.6. The predicted octanol–water partition coefficient (Wildman–Crippen LogP) is 4.73. The van der Waals surface area contributed by atoms with Crippen LogP contribution in [0.1, 0.15) is 0 Å². The van der Waals surface area contributed by atoms with E-state index < -0.39 is 21.2 Å². The molecule has 0 amide bonds. The number of rotatable bonds is 5. The number of benzene rings is 5. The van der Waals surface area contributed by atoms with Crippen LogP contribution in [0, 0.1) is 0 Å². The zero-order chi connectivity index (χ0) is 20.9.